The van der Waals surface area contributed by atoms with Crippen molar-refractivity contribution in [2.75, 3.05) is 31.7 Å². The Morgan fingerprint density at radius 2 is 2.00 bits per heavy atom. The molecule has 1 aromatic heterocycles. The Kier molecular flexibility index (Phi) is 7.88. The van der Waals surface area contributed by atoms with E-state index in [1.807, 2.05) is 0 Å². The molecule has 0 aliphatic heterocycles. The van der Waals surface area contributed by atoms with Crippen molar-refractivity contribution in [3.8, 4) is 5.88 Å². The summed E-state index contributed by atoms with van der Waals surface area (Å²) in [7, 11) is 0. The van der Waals surface area contributed by atoms with E-state index in [4.69, 9.17) is 9.47 Å². The topological polar surface area (TPSA) is 56.3 Å². The van der Waals surface area contributed by atoms with E-state index in [2.05, 4.69) is 29.1 Å². The third-order valence-corrected chi connectivity index (χ3v) is 2.29. The van der Waals surface area contributed by atoms with Gasteiger partial charge in [-0.15, -0.1) is 0 Å². The molecule has 0 aliphatic carbocycles. The summed E-state index contributed by atoms with van der Waals surface area (Å²) in [6, 6.07) is 0. The molecule has 0 saturated heterocycles. The first kappa shape index (κ1) is 14.7. The van der Waals surface area contributed by atoms with E-state index >= 15 is 0 Å². The average molecular weight is 253 g/mol. The quantitative estimate of drug-likeness (QED) is 0.649. The number of unbranched alkanes of at least 4 members (excludes halogenated alkanes) is 1. The van der Waals surface area contributed by atoms with Crippen molar-refractivity contribution in [3.63, 3.8) is 0 Å². The van der Waals surface area contributed by atoms with E-state index in [-0.39, 0.29) is 0 Å². The zero-order valence-electron chi connectivity index (χ0n) is 11.3. The maximum absolute atomic E-state index is 5.47. The summed E-state index contributed by atoms with van der Waals surface area (Å²) >= 11 is 0. The summed E-state index contributed by atoms with van der Waals surface area (Å²) in [6.07, 6.45) is 6.61. The third-order valence-electron chi connectivity index (χ3n) is 2.29. The lowest BCUT2D eigenvalue weighted by Crippen LogP contribution is -2.09. The van der Waals surface area contributed by atoms with Gasteiger partial charge >= 0.3 is 0 Å². The Bertz CT molecular complexity index is 321. The number of nitrogens with one attached hydrogen (secondary N) is 1. The first-order valence-corrected chi connectivity index (χ1v) is 6.63. The minimum Gasteiger partial charge on any atom is -0.474 e. The molecule has 0 radical (unpaired) electrons. The van der Waals surface area contributed by atoms with E-state index in [9.17, 15) is 0 Å². The molecule has 1 rings (SSSR count). The molecule has 1 aromatic rings. The molecule has 0 fully saturated rings. The highest BCUT2D eigenvalue weighted by molar-refractivity contribution is 5.32. The van der Waals surface area contributed by atoms with Crippen LogP contribution in [0.5, 0.6) is 5.88 Å². The van der Waals surface area contributed by atoms with Crippen molar-refractivity contribution < 1.29 is 9.47 Å². The molecule has 0 aliphatic rings. The highest BCUT2D eigenvalue weighted by Gasteiger charge is 1.99. The van der Waals surface area contributed by atoms with Gasteiger partial charge < -0.3 is 14.8 Å². The van der Waals surface area contributed by atoms with Crippen molar-refractivity contribution in [2.24, 2.45) is 0 Å². The molecule has 0 aromatic carbocycles. The highest BCUT2D eigenvalue weighted by atomic mass is 16.5. The largest absolute Gasteiger partial charge is 0.474 e. The van der Waals surface area contributed by atoms with E-state index < -0.39 is 0 Å². The van der Waals surface area contributed by atoms with Crippen LogP contribution in [0.15, 0.2) is 12.4 Å². The number of rotatable bonds is 10. The molecule has 1 heterocycles. The Labute approximate surface area is 109 Å². The fraction of sp³-hybridized carbons (Fsp3) is 0.692. The standard InChI is InChI=1S/C13H23N3O2/c1-3-5-7-17-8-9-18-13-11-14-10-12(16-13)15-6-4-2/h10-11H,3-9H2,1-2H3,(H,15,16). The minimum absolute atomic E-state index is 0.510. The lowest BCUT2D eigenvalue weighted by molar-refractivity contribution is 0.0964. The molecule has 0 bridgehead atoms. The molecular formula is C13H23N3O2. The smallest absolute Gasteiger partial charge is 0.234 e. The molecular weight excluding hydrogens is 230 g/mol. The van der Waals surface area contributed by atoms with Gasteiger partial charge in [0.05, 0.1) is 19.0 Å². The Morgan fingerprint density at radius 1 is 1.11 bits per heavy atom. The minimum atomic E-state index is 0.510. The lowest BCUT2D eigenvalue weighted by Gasteiger charge is -2.08. The van der Waals surface area contributed by atoms with Crippen LogP contribution in [0.2, 0.25) is 0 Å². The Balaban J connectivity index is 2.20. The number of nitrogens with zero attached hydrogens (tertiary/aromatic N) is 2. The number of hydrogen-bond donors (Lipinski definition) is 1. The van der Waals surface area contributed by atoms with Crippen LogP contribution in [0.3, 0.4) is 0 Å². The molecule has 0 saturated carbocycles. The Morgan fingerprint density at radius 3 is 2.78 bits per heavy atom. The predicted molar refractivity (Wildman–Crippen MR) is 72.0 cm³/mol. The molecule has 102 valence electrons. The van der Waals surface area contributed by atoms with Crippen molar-refractivity contribution in [1.82, 2.24) is 9.97 Å². The summed E-state index contributed by atoms with van der Waals surface area (Å²) in [5.74, 6) is 1.29. The summed E-state index contributed by atoms with van der Waals surface area (Å²) in [5.41, 5.74) is 0. The van der Waals surface area contributed by atoms with Gasteiger partial charge in [0.1, 0.15) is 12.4 Å². The van der Waals surface area contributed by atoms with Gasteiger partial charge in [-0.25, -0.2) is 0 Å². The monoisotopic (exact) mass is 253 g/mol. The SMILES string of the molecule is CCCCOCCOc1cncc(NCCC)n1. The first-order chi connectivity index (χ1) is 8.86. The second-order valence-electron chi connectivity index (χ2n) is 3.98. The molecule has 0 unspecified atom stereocenters. The molecule has 18 heavy (non-hydrogen) atoms. The van der Waals surface area contributed by atoms with Gasteiger partial charge in [0, 0.05) is 13.2 Å². The van der Waals surface area contributed by atoms with Crippen LogP contribution >= 0.6 is 0 Å². The van der Waals surface area contributed by atoms with Crippen LogP contribution in [0, 0.1) is 0 Å². The molecule has 0 spiro atoms. The highest BCUT2D eigenvalue weighted by Crippen LogP contribution is 2.08. The van der Waals surface area contributed by atoms with E-state index in [1.165, 1.54) is 0 Å². The van der Waals surface area contributed by atoms with Gasteiger partial charge in [0.25, 0.3) is 0 Å². The van der Waals surface area contributed by atoms with Gasteiger partial charge in [-0.3, -0.25) is 4.98 Å². The van der Waals surface area contributed by atoms with E-state index in [0.717, 1.165) is 38.2 Å². The maximum atomic E-state index is 5.47. The predicted octanol–water partition coefficient (Wildman–Crippen LogP) is 2.49. The maximum Gasteiger partial charge on any atom is 0.234 e. The zero-order valence-corrected chi connectivity index (χ0v) is 11.3. The molecule has 5 nitrogen and oxygen atoms in total. The van der Waals surface area contributed by atoms with Crippen LogP contribution in [0.4, 0.5) is 5.82 Å². The van der Waals surface area contributed by atoms with Gasteiger partial charge in [-0.2, -0.15) is 4.98 Å². The van der Waals surface area contributed by atoms with Crippen LogP contribution in [0.25, 0.3) is 0 Å². The molecule has 0 atom stereocenters. The normalized spacial score (nSPS) is 10.3. The average Bonchev–Trinajstić information content (AvgIpc) is 2.41. The van der Waals surface area contributed by atoms with Gasteiger partial charge in [0.2, 0.25) is 5.88 Å². The summed E-state index contributed by atoms with van der Waals surface area (Å²) in [5, 5.41) is 3.17. The summed E-state index contributed by atoms with van der Waals surface area (Å²) < 4.78 is 10.9. The summed E-state index contributed by atoms with van der Waals surface area (Å²) in [6.45, 7) is 7.03. The number of ether oxygens (including phenoxy) is 2. The lowest BCUT2D eigenvalue weighted by atomic mass is 10.4. The number of anilines is 1. The van der Waals surface area contributed by atoms with Crippen LogP contribution in [0.1, 0.15) is 33.1 Å². The second kappa shape index (κ2) is 9.65. The number of aromatic nitrogens is 2. The van der Waals surface area contributed by atoms with E-state index in [1.54, 1.807) is 12.4 Å². The van der Waals surface area contributed by atoms with Crippen LogP contribution in [-0.2, 0) is 4.74 Å². The Hall–Kier alpha value is -1.36. The van der Waals surface area contributed by atoms with Crippen LogP contribution in [-0.4, -0.2) is 36.3 Å². The first-order valence-electron chi connectivity index (χ1n) is 6.63. The van der Waals surface area contributed by atoms with Crippen molar-refractivity contribution in [1.29, 1.82) is 0 Å². The van der Waals surface area contributed by atoms with Gasteiger partial charge in [0.15, 0.2) is 0 Å². The fourth-order valence-corrected chi connectivity index (χ4v) is 1.31. The number of hydrogen-bond acceptors (Lipinski definition) is 5. The van der Waals surface area contributed by atoms with E-state index in [0.29, 0.717) is 19.1 Å². The van der Waals surface area contributed by atoms with Gasteiger partial charge in [-0.05, 0) is 12.8 Å². The third kappa shape index (κ3) is 6.39. The van der Waals surface area contributed by atoms with Crippen molar-refractivity contribution in [3.05, 3.63) is 12.4 Å². The molecule has 0 amide bonds. The molecule has 1 N–H and O–H groups in total. The van der Waals surface area contributed by atoms with Crippen molar-refractivity contribution in [2.45, 2.75) is 33.1 Å². The second-order valence-corrected chi connectivity index (χ2v) is 3.98. The van der Waals surface area contributed by atoms with Gasteiger partial charge in [-0.1, -0.05) is 20.3 Å². The summed E-state index contributed by atoms with van der Waals surface area (Å²) in [4.78, 5) is 8.37. The zero-order chi connectivity index (χ0) is 13.1. The fourth-order valence-electron chi connectivity index (χ4n) is 1.31. The van der Waals surface area contributed by atoms with Crippen LogP contribution < -0.4 is 10.1 Å². The van der Waals surface area contributed by atoms with Crippen molar-refractivity contribution >= 4 is 5.82 Å². The molecule has 5 heteroatoms.